The van der Waals surface area contributed by atoms with E-state index in [9.17, 15) is 18.0 Å². The highest BCUT2D eigenvalue weighted by Crippen LogP contribution is 2.30. The number of amides is 2. The molecule has 37 heavy (non-hydrogen) atoms. The maximum absolute atomic E-state index is 12.8. The van der Waals surface area contributed by atoms with Gasteiger partial charge in [-0.25, -0.2) is 4.79 Å². The smallest absolute Gasteiger partial charge is 0.317 e. The zero-order valence-electron chi connectivity index (χ0n) is 19.6. The summed E-state index contributed by atoms with van der Waals surface area (Å²) < 4.78 is 47.1. The van der Waals surface area contributed by atoms with Crippen LogP contribution in [0.25, 0.3) is 11.3 Å². The predicted molar refractivity (Wildman–Crippen MR) is 126 cm³/mol. The van der Waals surface area contributed by atoms with E-state index < -0.39 is 17.8 Å². The van der Waals surface area contributed by atoms with Crippen LogP contribution in [0.4, 0.5) is 29.5 Å². The number of rotatable bonds is 6. The zero-order valence-corrected chi connectivity index (χ0v) is 19.6. The van der Waals surface area contributed by atoms with Crippen LogP contribution in [-0.4, -0.2) is 39.2 Å². The van der Waals surface area contributed by atoms with E-state index in [4.69, 9.17) is 4.52 Å². The maximum atomic E-state index is 12.8. The third kappa shape index (κ3) is 6.12. The molecule has 4 heterocycles. The molecular weight excluding hydrogens is 489 g/mol. The highest BCUT2D eigenvalue weighted by Gasteiger charge is 2.30. The molecule has 5 rings (SSSR count). The van der Waals surface area contributed by atoms with Gasteiger partial charge >= 0.3 is 18.1 Å². The lowest BCUT2D eigenvalue weighted by molar-refractivity contribution is -0.754. The van der Waals surface area contributed by atoms with E-state index >= 15 is 0 Å². The topological polar surface area (TPSA) is 114 Å². The molecule has 192 valence electrons. The number of hydrogen-bond donors (Lipinski definition) is 3. The Morgan fingerprint density at radius 1 is 1.16 bits per heavy atom. The minimum absolute atomic E-state index is 0.00725. The second-order valence-corrected chi connectivity index (χ2v) is 8.66. The molecular formula is C24H24F3N8O2+. The molecule has 10 nitrogen and oxygen atoms in total. The molecule has 13 heteroatoms. The Morgan fingerprint density at radius 2 is 2.00 bits per heavy atom. The first kappa shape index (κ1) is 24.4. The summed E-state index contributed by atoms with van der Waals surface area (Å²) in [4.78, 5) is 16.7. The molecule has 0 unspecified atom stereocenters. The van der Waals surface area contributed by atoms with Crippen molar-refractivity contribution in [3.8, 4) is 11.3 Å². The minimum Gasteiger partial charge on any atom is -0.317 e. The molecule has 0 atom stereocenters. The number of carbonyl (C=O) groups is 1. The van der Waals surface area contributed by atoms with Crippen molar-refractivity contribution in [2.24, 2.45) is 0 Å². The average molecular weight is 514 g/mol. The number of nitrogens with zero attached hydrogens (tertiary/aromatic N) is 5. The van der Waals surface area contributed by atoms with Crippen molar-refractivity contribution >= 4 is 17.6 Å². The van der Waals surface area contributed by atoms with Crippen molar-refractivity contribution in [3.05, 3.63) is 72.3 Å². The third-order valence-corrected chi connectivity index (χ3v) is 5.94. The standard InChI is InChI=1S/C24H23F3N8O2/c25-24(26,27)18-2-1-3-19(10-18)31-23(36)32-22-15-34(33-37-22)13-16-4-5-21(29-11-16)17-12-30-35(14-17)20-6-8-28-9-7-20/h1-5,10-12,14-15,20,28H,6-9,13H2,(H-,31,32,33,36)/p+1. The number of aromatic nitrogens is 5. The Bertz CT molecular complexity index is 1360. The van der Waals surface area contributed by atoms with E-state index in [0.29, 0.717) is 12.6 Å². The zero-order chi connectivity index (χ0) is 25.8. The van der Waals surface area contributed by atoms with Gasteiger partial charge in [0.1, 0.15) is 0 Å². The van der Waals surface area contributed by atoms with Crippen LogP contribution < -0.4 is 20.6 Å². The van der Waals surface area contributed by atoms with Gasteiger partial charge in [0, 0.05) is 29.2 Å². The number of halogens is 3. The van der Waals surface area contributed by atoms with Gasteiger partial charge in [-0.1, -0.05) is 6.07 Å². The van der Waals surface area contributed by atoms with Crippen LogP contribution in [0.2, 0.25) is 0 Å². The number of benzene rings is 1. The minimum atomic E-state index is -4.51. The summed E-state index contributed by atoms with van der Waals surface area (Å²) in [6, 6.07) is 7.78. The number of piperidine rings is 1. The van der Waals surface area contributed by atoms with Gasteiger partial charge in [0.2, 0.25) is 11.8 Å². The van der Waals surface area contributed by atoms with Gasteiger partial charge in [0.05, 0.1) is 23.5 Å². The quantitative estimate of drug-likeness (QED) is 0.338. The monoisotopic (exact) mass is 513 g/mol. The number of alkyl halides is 3. The second kappa shape index (κ2) is 10.4. The van der Waals surface area contributed by atoms with E-state index in [-0.39, 0.29) is 11.6 Å². The molecule has 1 aliphatic heterocycles. The first-order chi connectivity index (χ1) is 17.8. The number of pyridine rings is 1. The maximum Gasteiger partial charge on any atom is 0.416 e. The largest absolute Gasteiger partial charge is 0.416 e. The van der Waals surface area contributed by atoms with Crippen LogP contribution in [0.15, 0.2) is 65.7 Å². The van der Waals surface area contributed by atoms with Gasteiger partial charge in [-0.3, -0.25) is 19.5 Å². The fraction of sp³-hybridized carbons (Fsp3) is 0.292. The molecule has 0 spiro atoms. The van der Waals surface area contributed by atoms with Crippen molar-refractivity contribution in [2.75, 3.05) is 23.7 Å². The molecule has 0 saturated carbocycles. The molecule has 3 aromatic heterocycles. The van der Waals surface area contributed by atoms with E-state index in [2.05, 4.69) is 31.3 Å². The molecule has 1 fully saturated rings. The summed E-state index contributed by atoms with van der Waals surface area (Å²) in [5.41, 5.74) is 1.73. The summed E-state index contributed by atoms with van der Waals surface area (Å²) in [6.07, 6.45) is 4.62. The van der Waals surface area contributed by atoms with E-state index in [1.165, 1.54) is 23.0 Å². The molecule has 1 aliphatic rings. The van der Waals surface area contributed by atoms with Gasteiger partial charge in [-0.15, -0.1) is 0 Å². The van der Waals surface area contributed by atoms with E-state index in [1.54, 1.807) is 6.20 Å². The van der Waals surface area contributed by atoms with Crippen molar-refractivity contribution in [2.45, 2.75) is 31.6 Å². The number of hydrogen-bond acceptors (Lipinski definition) is 6. The lowest BCUT2D eigenvalue weighted by Crippen LogP contribution is -2.35. The van der Waals surface area contributed by atoms with Gasteiger partial charge in [0.25, 0.3) is 6.20 Å². The molecule has 2 amide bonds. The van der Waals surface area contributed by atoms with Crippen molar-refractivity contribution in [3.63, 3.8) is 0 Å². The molecule has 0 bridgehead atoms. The lowest BCUT2D eigenvalue weighted by atomic mass is 10.1. The molecule has 0 aliphatic carbocycles. The predicted octanol–water partition coefficient (Wildman–Crippen LogP) is 3.86. The fourth-order valence-corrected chi connectivity index (χ4v) is 4.07. The highest BCUT2D eigenvalue weighted by atomic mass is 19.4. The van der Waals surface area contributed by atoms with Gasteiger partial charge < -0.3 is 10.6 Å². The first-order valence-electron chi connectivity index (χ1n) is 11.7. The summed E-state index contributed by atoms with van der Waals surface area (Å²) in [5.74, 6) is 0.0272. The van der Waals surface area contributed by atoms with Crippen molar-refractivity contribution in [1.29, 1.82) is 0 Å². The molecule has 4 aromatic rings. The van der Waals surface area contributed by atoms with Crippen LogP contribution in [0.5, 0.6) is 0 Å². The van der Waals surface area contributed by atoms with Crippen LogP contribution in [0, 0.1) is 0 Å². The van der Waals surface area contributed by atoms with Gasteiger partial charge in [0.15, 0.2) is 0 Å². The fourth-order valence-electron chi connectivity index (χ4n) is 4.07. The lowest BCUT2D eigenvalue weighted by Gasteiger charge is -2.22. The van der Waals surface area contributed by atoms with Crippen molar-refractivity contribution < 1.29 is 27.2 Å². The van der Waals surface area contributed by atoms with Crippen LogP contribution >= 0.6 is 0 Å². The summed E-state index contributed by atoms with van der Waals surface area (Å²) in [7, 11) is 0. The van der Waals surface area contributed by atoms with Crippen LogP contribution in [0.1, 0.15) is 30.0 Å². The Balaban J connectivity index is 1.16. The Kier molecular flexibility index (Phi) is 6.86. The number of nitrogens with one attached hydrogen (secondary N) is 3. The van der Waals surface area contributed by atoms with Crippen LogP contribution in [0.3, 0.4) is 0 Å². The molecule has 1 aromatic carbocycles. The van der Waals surface area contributed by atoms with Gasteiger partial charge in [-0.2, -0.15) is 18.3 Å². The Morgan fingerprint density at radius 3 is 2.76 bits per heavy atom. The Hall–Kier alpha value is -4.26. The van der Waals surface area contributed by atoms with Gasteiger partial charge in [-0.05, 0) is 60.9 Å². The molecule has 0 radical (unpaired) electrons. The Labute approximate surface area is 209 Å². The van der Waals surface area contributed by atoms with Crippen molar-refractivity contribution in [1.82, 2.24) is 25.4 Å². The molecule has 3 N–H and O–H groups in total. The highest BCUT2D eigenvalue weighted by molar-refractivity contribution is 5.98. The number of carbonyl (C=O) groups excluding carboxylic acids is 1. The van der Waals surface area contributed by atoms with E-state index in [1.807, 2.05) is 29.2 Å². The van der Waals surface area contributed by atoms with E-state index in [0.717, 1.165) is 54.9 Å². The normalized spacial score (nSPS) is 14.5. The summed E-state index contributed by atoms with van der Waals surface area (Å²) in [6.45, 7) is 2.32. The summed E-state index contributed by atoms with van der Waals surface area (Å²) in [5, 5.41) is 16.5. The number of anilines is 2. The SMILES string of the molecule is O=C(Nc1cccc(C(F)(F)F)c1)Nc1c[n+](Cc2ccc(-c3cnn(C4CCNCC4)c3)nc2)no1. The average Bonchev–Trinajstić information content (AvgIpc) is 3.55. The molecule has 1 saturated heterocycles. The van der Waals surface area contributed by atoms with Crippen LogP contribution in [-0.2, 0) is 12.7 Å². The first-order valence-corrected chi connectivity index (χ1v) is 11.7. The summed E-state index contributed by atoms with van der Waals surface area (Å²) >= 11 is 0. The third-order valence-electron chi connectivity index (χ3n) is 5.94. The number of urea groups is 1. The second-order valence-electron chi connectivity index (χ2n) is 8.66.